The van der Waals surface area contributed by atoms with Gasteiger partial charge in [0.15, 0.2) is 0 Å². The molecular formula is C15H25N3O2. The molecule has 1 unspecified atom stereocenters. The third-order valence-electron chi connectivity index (χ3n) is 3.78. The largest absolute Gasteiger partial charge is 0.382 e. The highest BCUT2D eigenvalue weighted by Gasteiger charge is 2.30. The molecule has 2 heterocycles. The van der Waals surface area contributed by atoms with Crippen molar-refractivity contribution in [2.24, 2.45) is 7.05 Å². The molecule has 1 fully saturated rings. The van der Waals surface area contributed by atoms with Crippen LogP contribution in [0.2, 0.25) is 0 Å². The number of rotatable bonds is 6. The molecule has 0 saturated carbocycles. The van der Waals surface area contributed by atoms with Crippen molar-refractivity contribution in [3.63, 3.8) is 0 Å². The van der Waals surface area contributed by atoms with Gasteiger partial charge in [-0.2, -0.15) is 0 Å². The number of aromatic nitrogens is 1. The van der Waals surface area contributed by atoms with Crippen molar-refractivity contribution in [1.29, 1.82) is 0 Å². The maximum Gasteiger partial charge on any atom is 0.317 e. The van der Waals surface area contributed by atoms with Gasteiger partial charge in [0, 0.05) is 45.2 Å². The lowest BCUT2D eigenvalue weighted by molar-refractivity contribution is 0.143. The highest BCUT2D eigenvalue weighted by molar-refractivity contribution is 5.75. The Bertz CT molecular complexity index is 431. The van der Waals surface area contributed by atoms with Gasteiger partial charge in [0.2, 0.25) is 0 Å². The minimum Gasteiger partial charge on any atom is -0.382 e. The lowest BCUT2D eigenvalue weighted by Gasteiger charge is -2.25. The van der Waals surface area contributed by atoms with E-state index < -0.39 is 0 Å². The Labute approximate surface area is 120 Å². The molecule has 1 aromatic heterocycles. The fourth-order valence-electron chi connectivity index (χ4n) is 2.75. The molecule has 1 N–H and O–H groups in total. The van der Waals surface area contributed by atoms with Crippen molar-refractivity contribution >= 4 is 6.03 Å². The Morgan fingerprint density at radius 1 is 1.55 bits per heavy atom. The maximum atomic E-state index is 12.3. The lowest BCUT2D eigenvalue weighted by atomic mass is 10.1. The van der Waals surface area contributed by atoms with Crippen molar-refractivity contribution in [2.45, 2.75) is 32.2 Å². The summed E-state index contributed by atoms with van der Waals surface area (Å²) in [5, 5.41) is 2.99. The van der Waals surface area contributed by atoms with E-state index in [1.807, 2.05) is 31.1 Å². The molecular weight excluding hydrogens is 254 g/mol. The molecule has 0 aliphatic carbocycles. The number of carbonyl (C=O) groups excluding carboxylic acids is 1. The lowest BCUT2D eigenvalue weighted by Crippen LogP contribution is -2.40. The average Bonchev–Trinajstić information content (AvgIpc) is 3.06. The molecule has 20 heavy (non-hydrogen) atoms. The number of carbonyl (C=O) groups is 1. The van der Waals surface area contributed by atoms with E-state index in [1.165, 1.54) is 5.69 Å². The summed E-state index contributed by atoms with van der Waals surface area (Å²) in [6.45, 7) is 4.93. The Hall–Kier alpha value is -1.49. The summed E-state index contributed by atoms with van der Waals surface area (Å²) >= 11 is 0. The first kappa shape index (κ1) is 14.9. The van der Waals surface area contributed by atoms with Gasteiger partial charge in [0.1, 0.15) is 0 Å². The first-order valence-corrected chi connectivity index (χ1v) is 7.47. The van der Waals surface area contributed by atoms with Crippen molar-refractivity contribution in [3.8, 4) is 0 Å². The van der Waals surface area contributed by atoms with E-state index in [-0.39, 0.29) is 12.1 Å². The Morgan fingerprint density at radius 2 is 2.40 bits per heavy atom. The highest BCUT2D eigenvalue weighted by atomic mass is 16.5. The number of urea groups is 1. The van der Waals surface area contributed by atoms with Crippen LogP contribution < -0.4 is 5.32 Å². The van der Waals surface area contributed by atoms with Crippen molar-refractivity contribution in [1.82, 2.24) is 14.8 Å². The van der Waals surface area contributed by atoms with Gasteiger partial charge in [-0.3, -0.25) is 0 Å². The van der Waals surface area contributed by atoms with E-state index >= 15 is 0 Å². The summed E-state index contributed by atoms with van der Waals surface area (Å²) in [5.74, 6) is 0. The second-order valence-electron chi connectivity index (χ2n) is 5.18. The average molecular weight is 279 g/mol. The molecule has 0 radical (unpaired) electrons. The van der Waals surface area contributed by atoms with Gasteiger partial charge in [-0.15, -0.1) is 0 Å². The molecule has 1 saturated heterocycles. The van der Waals surface area contributed by atoms with E-state index in [0.29, 0.717) is 13.2 Å². The normalized spacial score (nSPS) is 18.5. The summed E-state index contributed by atoms with van der Waals surface area (Å²) in [6, 6.07) is 4.39. The molecule has 1 atom stereocenters. The standard InChI is InChI=1S/C15H25N3O2/c1-3-20-12-6-9-16-15(19)18-11-5-8-14(18)13-7-4-10-17(13)2/h4,7,10,14H,3,5-6,8-9,11-12H2,1-2H3,(H,16,19). The predicted octanol–water partition coefficient (Wildman–Crippen LogP) is 2.30. The Morgan fingerprint density at radius 3 is 3.10 bits per heavy atom. The van der Waals surface area contributed by atoms with Crippen LogP contribution in [0.25, 0.3) is 0 Å². The minimum absolute atomic E-state index is 0.0465. The number of likely N-dealkylation sites (tertiary alicyclic amines) is 1. The van der Waals surface area contributed by atoms with Crippen LogP contribution in [0.15, 0.2) is 18.3 Å². The van der Waals surface area contributed by atoms with Crippen LogP contribution in [-0.2, 0) is 11.8 Å². The summed E-state index contributed by atoms with van der Waals surface area (Å²) in [7, 11) is 2.03. The van der Waals surface area contributed by atoms with Crippen molar-refractivity contribution < 1.29 is 9.53 Å². The first-order valence-electron chi connectivity index (χ1n) is 7.47. The number of nitrogens with zero attached hydrogens (tertiary/aromatic N) is 2. The van der Waals surface area contributed by atoms with E-state index in [4.69, 9.17) is 4.74 Å². The molecule has 1 aromatic rings. The number of ether oxygens (including phenoxy) is 1. The van der Waals surface area contributed by atoms with Gasteiger partial charge in [-0.05, 0) is 38.3 Å². The molecule has 2 rings (SSSR count). The molecule has 112 valence electrons. The molecule has 0 aromatic carbocycles. The van der Waals surface area contributed by atoms with E-state index in [0.717, 1.165) is 32.4 Å². The van der Waals surface area contributed by atoms with Crippen LogP contribution in [-0.4, -0.2) is 41.8 Å². The zero-order chi connectivity index (χ0) is 14.4. The topological polar surface area (TPSA) is 46.5 Å². The molecule has 1 aliphatic heterocycles. The quantitative estimate of drug-likeness (QED) is 0.812. The zero-order valence-corrected chi connectivity index (χ0v) is 12.5. The fraction of sp³-hybridized carbons (Fsp3) is 0.667. The fourth-order valence-corrected chi connectivity index (χ4v) is 2.75. The minimum atomic E-state index is 0.0465. The number of nitrogens with one attached hydrogen (secondary N) is 1. The van der Waals surface area contributed by atoms with Crippen LogP contribution in [0.3, 0.4) is 0 Å². The van der Waals surface area contributed by atoms with Crippen LogP contribution in [0.4, 0.5) is 4.79 Å². The van der Waals surface area contributed by atoms with Gasteiger partial charge in [-0.25, -0.2) is 4.79 Å². The van der Waals surface area contributed by atoms with Gasteiger partial charge >= 0.3 is 6.03 Å². The summed E-state index contributed by atoms with van der Waals surface area (Å²) in [6.07, 6.45) is 5.01. The van der Waals surface area contributed by atoms with E-state index in [1.54, 1.807) is 0 Å². The molecule has 5 nitrogen and oxygen atoms in total. The number of hydrogen-bond acceptors (Lipinski definition) is 2. The molecule has 1 aliphatic rings. The second-order valence-corrected chi connectivity index (χ2v) is 5.18. The summed E-state index contributed by atoms with van der Waals surface area (Å²) in [4.78, 5) is 14.2. The van der Waals surface area contributed by atoms with Crippen LogP contribution in [0, 0.1) is 0 Å². The van der Waals surface area contributed by atoms with E-state index in [2.05, 4.69) is 16.0 Å². The van der Waals surface area contributed by atoms with Crippen molar-refractivity contribution in [3.05, 3.63) is 24.0 Å². The number of hydrogen-bond donors (Lipinski definition) is 1. The van der Waals surface area contributed by atoms with Gasteiger partial charge in [0.05, 0.1) is 6.04 Å². The third kappa shape index (κ3) is 3.54. The monoisotopic (exact) mass is 279 g/mol. The SMILES string of the molecule is CCOCCCNC(=O)N1CCCC1c1cccn1C. The summed E-state index contributed by atoms with van der Waals surface area (Å²) < 4.78 is 7.37. The highest BCUT2D eigenvalue weighted by Crippen LogP contribution is 2.31. The first-order chi connectivity index (χ1) is 9.74. The smallest absolute Gasteiger partial charge is 0.317 e. The van der Waals surface area contributed by atoms with Crippen LogP contribution in [0.5, 0.6) is 0 Å². The summed E-state index contributed by atoms with van der Waals surface area (Å²) in [5.41, 5.74) is 1.21. The zero-order valence-electron chi connectivity index (χ0n) is 12.5. The second kappa shape index (κ2) is 7.33. The Balaban J connectivity index is 1.84. The number of amides is 2. The van der Waals surface area contributed by atoms with Gasteiger partial charge in [-0.1, -0.05) is 0 Å². The van der Waals surface area contributed by atoms with Gasteiger partial charge in [0.25, 0.3) is 0 Å². The van der Waals surface area contributed by atoms with Crippen LogP contribution in [0.1, 0.15) is 37.9 Å². The van der Waals surface area contributed by atoms with Crippen molar-refractivity contribution in [2.75, 3.05) is 26.3 Å². The predicted molar refractivity (Wildman–Crippen MR) is 78.6 cm³/mol. The maximum absolute atomic E-state index is 12.3. The van der Waals surface area contributed by atoms with Gasteiger partial charge < -0.3 is 19.5 Å². The third-order valence-corrected chi connectivity index (χ3v) is 3.78. The molecule has 0 bridgehead atoms. The Kier molecular flexibility index (Phi) is 5.47. The molecule has 2 amide bonds. The van der Waals surface area contributed by atoms with Crippen LogP contribution >= 0.6 is 0 Å². The molecule has 0 spiro atoms. The number of aryl methyl sites for hydroxylation is 1. The van der Waals surface area contributed by atoms with E-state index in [9.17, 15) is 4.79 Å². The molecule has 5 heteroatoms.